The largest absolute Gasteiger partial charge is 0.617 e. The van der Waals surface area contributed by atoms with Crippen molar-refractivity contribution in [3.8, 4) is 5.75 Å². The van der Waals surface area contributed by atoms with Gasteiger partial charge in [0.05, 0.1) is 7.11 Å². The van der Waals surface area contributed by atoms with Crippen molar-refractivity contribution in [2.75, 3.05) is 7.11 Å². The lowest BCUT2D eigenvalue weighted by atomic mass is 9.84. The average Bonchev–Trinajstić information content (AvgIpc) is 2.48. The smallest absolute Gasteiger partial charge is 0.522 e. The summed E-state index contributed by atoms with van der Waals surface area (Å²) in [6.07, 6.45) is 0.838. The molecule has 5 heteroatoms. The monoisotopic (exact) mass is 321 g/mol. The van der Waals surface area contributed by atoms with Crippen molar-refractivity contribution in [2.24, 2.45) is 0 Å². The van der Waals surface area contributed by atoms with E-state index in [0.29, 0.717) is 17.9 Å². The van der Waals surface area contributed by atoms with Gasteiger partial charge in [-0.05, 0) is 52.2 Å². The Bertz CT molecular complexity index is 593. The predicted octanol–water partition coefficient (Wildman–Crippen LogP) is 4.72. The number of carbonyl (C=O) groups excluding carboxylic acids is 1. The molecule has 0 aromatic heterocycles. The number of rotatable bonds is 2. The molecule has 5 nitrogen and oxygen atoms in total. The second-order valence-electron chi connectivity index (χ2n) is 7.25. The van der Waals surface area contributed by atoms with E-state index < -0.39 is 22.4 Å². The van der Waals surface area contributed by atoms with Crippen LogP contribution in [0.2, 0.25) is 0 Å². The first-order chi connectivity index (χ1) is 10.6. The van der Waals surface area contributed by atoms with Gasteiger partial charge in [-0.1, -0.05) is 6.92 Å². The second-order valence-corrected chi connectivity index (χ2v) is 7.25. The highest BCUT2D eigenvalue weighted by Gasteiger charge is 2.47. The van der Waals surface area contributed by atoms with Crippen molar-refractivity contribution in [1.82, 2.24) is 4.65 Å². The average molecular weight is 321 g/mol. The minimum atomic E-state index is -1.08. The van der Waals surface area contributed by atoms with Gasteiger partial charge in [0.1, 0.15) is 17.4 Å². The third kappa shape index (κ3) is 3.21. The summed E-state index contributed by atoms with van der Waals surface area (Å²) in [5, 5.41) is 13.6. The number of amides is 1. The summed E-state index contributed by atoms with van der Waals surface area (Å²) in [4.78, 5) is 12.7. The number of hydrogen-bond acceptors (Lipinski definition) is 4. The van der Waals surface area contributed by atoms with Crippen LogP contribution in [0.3, 0.4) is 0 Å². The van der Waals surface area contributed by atoms with Crippen molar-refractivity contribution in [1.29, 1.82) is 0 Å². The zero-order chi connectivity index (χ0) is 17.4. The van der Waals surface area contributed by atoms with Crippen molar-refractivity contribution in [3.05, 3.63) is 29.0 Å². The number of benzene rings is 1. The molecular formula is C18H27NO4. The molecule has 0 saturated heterocycles. The molecule has 23 heavy (non-hydrogen) atoms. The fourth-order valence-corrected chi connectivity index (χ4v) is 3.20. The van der Waals surface area contributed by atoms with E-state index in [1.807, 2.05) is 19.1 Å². The Morgan fingerprint density at radius 1 is 1.39 bits per heavy atom. The first kappa shape index (κ1) is 17.8. The lowest BCUT2D eigenvalue weighted by molar-refractivity contribution is 0.0264. The molecule has 0 N–H and O–H groups in total. The van der Waals surface area contributed by atoms with E-state index in [9.17, 15) is 10.0 Å². The van der Waals surface area contributed by atoms with Crippen molar-refractivity contribution < 1.29 is 14.3 Å². The number of hydrogen-bond donors (Lipinski definition) is 0. The molecule has 0 fully saturated rings. The van der Waals surface area contributed by atoms with Crippen LogP contribution in [-0.4, -0.2) is 24.8 Å². The summed E-state index contributed by atoms with van der Waals surface area (Å²) >= 11 is 0. The summed E-state index contributed by atoms with van der Waals surface area (Å²) in [5.74, 6) is 0.850. The normalized spacial score (nSPS) is 27.3. The van der Waals surface area contributed by atoms with E-state index in [1.54, 1.807) is 33.9 Å². The summed E-state index contributed by atoms with van der Waals surface area (Å²) in [6, 6.07) is 5.04. The highest BCUT2D eigenvalue weighted by atomic mass is 16.7. The molecule has 0 saturated carbocycles. The third-order valence-corrected chi connectivity index (χ3v) is 4.44. The summed E-state index contributed by atoms with van der Waals surface area (Å²) < 4.78 is 9.60. The molecule has 3 unspecified atom stereocenters. The fourth-order valence-electron chi connectivity index (χ4n) is 3.20. The SMILES string of the molecule is CCC1CC(C)[N+]([O-])(C(=O)OC(C)(C)C)c2cc(OC)ccc21. The van der Waals surface area contributed by atoms with E-state index in [1.165, 1.54) is 0 Å². The first-order valence-corrected chi connectivity index (χ1v) is 8.15. The Morgan fingerprint density at radius 2 is 2.04 bits per heavy atom. The quantitative estimate of drug-likeness (QED) is 0.584. The van der Waals surface area contributed by atoms with Crippen molar-refractivity contribution in [3.63, 3.8) is 0 Å². The minimum Gasteiger partial charge on any atom is -0.617 e. The third-order valence-electron chi connectivity index (χ3n) is 4.44. The Labute approximate surface area is 138 Å². The maximum absolute atomic E-state index is 13.6. The molecule has 0 aliphatic carbocycles. The maximum Gasteiger partial charge on any atom is 0.522 e. The number of fused-ring (bicyclic) bond motifs is 1. The summed E-state index contributed by atoms with van der Waals surface area (Å²) in [7, 11) is 1.55. The van der Waals surface area contributed by atoms with Gasteiger partial charge in [-0.3, -0.25) is 0 Å². The Hall–Kier alpha value is -1.59. The van der Waals surface area contributed by atoms with Crippen LogP contribution in [0, 0.1) is 5.21 Å². The summed E-state index contributed by atoms with van der Waals surface area (Å²) in [5.41, 5.74) is 0.670. The molecule has 1 aliphatic heterocycles. The zero-order valence-electron chi connectivity index (χ0n) is 14.9. The molecule has 1 heterocycles. The van der Waals surface area contributed by atoms with Crippen LogP contribution in [0.5, 0.6) is 5.75 Å². The number of ether oxygens (including phenoxy) is 2. The van der Waals surface area contributed by atoms with Crippen molar-refractivity contribution in [2.45, 2.75) is 65.0 Å². The van der Waals surface area contributed by atoms with Gasteiger partial charge in [-0.15, -0.1) is 0 Å². The number of hydroxylamine groups is 2. The Kier molecular flexibility index (Phi) is 4.74. The topological polar surface area (TPSA) is 58.6 Å². The molecule has 1 aliphatic rings. The van der Waals surface area contributed by atoms with Gasteiger partial charge in [-0.2, -0.15) is 4.79 Å². The second kappa shape index (κ2) is 6.13. The van der Waals surface area contributed by atoms with Crippen LogP contribution in [0.1, 0.15) is 58.9 Å². The van der Waals surface area contributed by atoms with Gasteiger partial charge in [0.25, 0.3) is 0 Å². The molecule has 1 aromatic rings. The van der Waals surface area contributed by atoms with E-state index in [-0.39, 0.29) is 5.92 Å². The van der Waals surface area contributed by atoms with Crippen LogP contribution in [0.15, 0.2) is 18.2 Å². The number of nitrogens with zero attached hydrogens (tertiary/aromatic N) is 1. The molecule has 128 valence electrons. The van der Waals surface area contributed by atoms with Crippen LogP contribution in [0.25, 0.3) is 0 Å². The first-order valence-electron chi connectivity index (χ1n) is 8.15. The van der Waals surface area contributed by atoms with Gasteiger partial charge in [-0.25, -0.2) is 4.65 Å². The highest BCUT2D eigenvalue weighted by molar-refractivity contribution is 5.86. The van der Waals surface area contributed by atoms with Gasteiger partial charge >= 0.3 is 6.09 Å². The Balaban J connectivity index is 2.57. The van der Waals surface area contributed by atoms with Crippen molar-refractivity contribution >= 4 is 11.8 Å². The lowest BCUT2D eigenvalue weighted by Gasteiger charge is -2.48. The fraction of sp³-hybridized carbons (Fsp3) is 0.611. The van der Waals surface area contributed by atoms with Crippen LogP contribution in [-0.2, 0) is 4.74 Å². The predicted molar refractivity (Wildman–Crippen MR) is 91.5 cm³/mol. The van der Waals surface area contributed by atoms with Gasteiger partial charge in [0.15, 0.2) is 5.69 Å². The molecular weight excluding hydrogens is 294 g/mol. The molecule has 3 atom stereocenters. The van der Waals surface area contributed by atoms with E-state index in [2.05, 4.69) is 6.92 Å². The number of quaternary nitrogens is 1. The van der Waals surface area contributed by atoms with Crippen LogP contribution >= 0.6 is 0 Å². The molecule has 0 radical (unpaired) electrons. The molecule has 0 spiro atoms. The van der Waals surface area contributed by atoms with Gasteiger partial charge in [0.2, 0.25) is 0 Å². The van der Waals surface area contributed by atoms with E-state index >= 15 is 0 Å². The minimum absolute atomic E-state index is 0.272. The van der Waals surface area contributed by atoms with Gasteiger partial charge < -0.3 is 14.7 Å². The van der Waals surface area contributed by atoms with Crippen LogP contribution in [0.4, 0.5) is 10.5 Å². The molecule has 2 rings (SSSR count). The summed E-state index contributed by atoms with van der Waals surface area (Å²) in [6.45, 7) is 9.23. The van der Waals surface area contributed by atoms with E-state index in [4.69, 9.17) is 9.47 Å². The number of carbonyl (C=O) groups is 1. The van der Waals surface area contributed by atoms with Crippen LogP contribution < -0.4 is 9.38 Å². The van der Waals surface area contributed by atoms with Gasteiger partial charge in [0, 0.05) is 18.1 Å². The number of methoxy groups -OCH3 is 1. The Morgan fingerprint density at radius 3 is 2.57 bits per heavy atom. The van der Waals surface area contributed by atoms with E-state index in [0.717, 1.165) is 12.0 Å². The zero-order valence-corrected chi connectivity index (χ0v) is 14.9. The molecule has 1 amide bonds. The molecule has 1 aromatic carbocycles. The highest BCUT2D eigenvalue weighted by Crippen LogP contribution is 2.46. The maximum atomic E-state index is 13.6. The standard InChI is InChI=1S/C18H27NO4/c1-7-13-10-12(2)19(21,17(20)23-18(3,4)5)16-11-14(22-6)8-9-15(13)16/h8-9,11-13H,7,10H2,1-6H3. The molecule has 0 bridgehead atoms. The lowest BCUT2D eigenvalue weighted by Crippen LogP contribution is -2.59.